The molecule has 4 aliphatic rings. The zero-order chi connectivity index (χ0) is 48.2. The molecule has 1 aliphatic carbocycles. The molecule has 14 nitrogen and oxygen atoms in total. The van der Waals surface area contributed by atoms with E-state index in [1.807, 2.05) is 51.2 Å². The standard InChI is InChI=1S/C51H83NO13/c1-30-16-12-11-13-17-31(2)42(61-8)28-38-21-19-36(7)51(60,65-38)48(57)49(58)52-23-15-14-18-39(52)50(59)64-43(33(4)26-37-20-22-40(53)44(27-37)62-9)29-41(54)32(3)25-35(6)46(56)47(63-10)45(55)34(5)24-30/h11-13,16-17,25,30,32-34,36-40,42-48,53,55-57,60H,14-15,18-24,26-29H2,1-10H3/b13-11+,16-12+,31-17+,35-25+/t30?,32?,33?,34-,36-,37?,38?,39?,40?,42?,43?,44?,45?,46?,47?,48?,51?/m1/s1. The first-order chi connectivity index (χ1) is 30.7. The number of cyclic esters (lactones) is 1. The summed E-state index contributed by atoms with van der Waals surface area (Å²) in [6.07, 6.45) is 9.41. The summed E-state index contributed by atoms with van der Waals surface area (Å²) in [5.74, 6) is -5.62. The van der Waals surface area contributed by atoms with Crippen LogP contribution in [0.5, 0.6) is 0 Å². The Kier molecular flexibility index (Phi) is 21.5. The van der Waals surface area contributed by atoms with Crippen LogP contribution in [0, 0.1) is 35.5 Å². The van der Waals surface area contributed by atoms with Gasteiger partial charge in [0, 0.05) is 52.6 Å². The molecule has 4 rings (SSSR count). The number of methoxy groups -OCH3 is 3. The van der Waals surface area contributed by atoms with Crippen LogP contribution in [0.25, 0.3) is 0 Å². The number of nitrogens with zero attached hydrogens (tertiary/aromatic N) is 1. The highest BCUT2D eigenvalue weighted by molar-refractivity contribution is 5.88. The summed E-state index contributed by atoms with van der Waals surface area (Å²) in [6.45, 7) is 13.2. The van der Waals surface area contributed by atoms with E-state index in [0.29, 0.717) is 63.4 Å². The second-order valence-electron chi connectivity index (χ2n) is 20.0. The van der Waals surface area contributed by atoms with Gasteiger partial charge in [-0.1, -0.05) is 71.1 Å². The molecule has 3 aliphatic heterocycles. The quantitative estimate of drug-likeness (QED) is 0.159. The lowest BCUT2D eigenvalue weighted by Crippen LogP contribution is -2.63. The first kappa shape index (κ1) is 54.8. The van der Waals surface area contributed by atoms with Crippen LogP contribution < -0.4 is 0 Å². The van der Waals surface area contributed by atoms with Gasteiger partial charge in [-0.15, -0.1) is 0 Å². The fraction of sp³-hybridized carbons (Fsp3) is 0.784. The van der Waals surface area contributed by atoms with E-state index in [1.165, 1.54) is 12.0 Å². The SMILES string of the molecule is COC1CC2CC[C@@H](C)C(O)(O2)C(O)C(=O)N2CCCCC2C(=O)OC(C(C)CC2CCC(O)C(OC)C2)CC(=O)C(C)/C=C(\C)C(O)C(OC)C(O)[C@H](C)CC(C)/C=C/C=C/C=C/1C. The van der Waals surface area contributed by atoms with E-state index in [2.05, 4.69) is 6.92 Å². The molecule has 17 atom stereocenters. The average molecular weight is 918 g/mol. The number of hydrogen-bond acceptors (Lipinski definition) is 13. The Morgan fingerprint density at radius 3 is 2.25 bits per heavy atom. The molecule has 0 aromatic rings. The highest BCUT2D eigenvalue weighted by Crippen LogP contribution is 2.39. The van der Waals surface area contributed by atoms with Crippen molar-refractivity contribution in [2.45, 2.75) is 192 Å². The maximum Gasteiger partial charge on any atom is 0.329 e. The number of aliphatic hydroxyl groups is 5. The Balaban J connectivity index is 1.70. The highest BCUT2D eigenvalue weighted by Gasteiger charge is 2.53. The summed E-state index contributed by atoms with van der Waals surface area (Å²) < 4.78 is 29.7. The van der Waals surface area contributed by atoms with E-state index < -0.39 is 78.3 Å². The van der Waals surface area contributed by atoms with Gasteiger partial charge < -0.3 is 54.1 Å². The molecule has 0 radical (unpaired) electrons. The molecule has 0 aromatic heterocycles. The van der Waals surface area contributed by atoms with Gasteiger partial charge in [0.25, 0.3) is 5.91 Å². The van der Waals surface area contributed by atoms with Crippen molar-refractivity contribution in [2.24, 2.45) is 35.5 Å². The lowest BCUT2D eigenvalue weighted by molar-refractivity contribution is -0.317. The van der Waals surface area contributed by atoms with Gasteiger partial charge >= 0.3 is 5.97 Å². The molecule has 0 spiro atoms. The third-order valence-electron chi connectivity index (χ3n) is 14.9. The van der Waals surface area contributed by atoms with E-state index in [-0.39, 0.29) is 61.0 Å². The number of fused-ring (bicyclic) bond motifs is 3. The Morgan fingerprint density at radius 2 is 1.57 bits per heavy atom. The molecule has 1 amide bonds. The van der Waals surface area contributed by atoms with Gasteiger partial charge in [-0.3, -0.25) is 9.59 Å². The van der Waals surface area contributed by atoms with E-state index in [9.17, 15) is 39.9 Å². The molecular weight excluding hydrogens is 835 g/mol. The second kappa shape index (κ2) is 25.5. The Bertz CT molecular complexity index is 1660. The van der Waals surface area contributed by atoms with Gasteiger partial charge in [-0.25, -0.2) is 4.79 Å². The van der Waals surface area contributed by atoms with Crippen LogP contribution >= 0.6 is 0 Å². The molecule has 3 heterocycles. The number of Topliss-reactive ketones (excluding diaryl/α,β-unsaturated/α-hetero) is 1. The maximum absolute atomic E-state index is 14.4. The first-order valence-electron chi connectivity index (χ1n) is 24.2. The topological polar surface area (TPSA) is 202 Å². The van der Waals surface area contributed by atoms with Gasteiger partial charge in [0.05, 0.1) is 30.5 Å². The molecule has 3 fully saturated rings. The minimum Gasteiger partial charge on any atom is -0.460 e. The number of ether oxygens (including phenoxy) is 5. The summed E-state index contributed by atoms with van der Waals surface area (Å²) in [5, 5.41) is 57.2. The summed E-state index contributed by atoms with van der Waals surface area (Å²) in [7, 11) is 4.62. The van der Waals surface area contributed by atoms with Crippen molar-refractivity contribution < 1.29 is 63.6 Å². The predicted molar refractivity (Wildman–Crippen MR) is 247 cm³/mol. The molecule has 0 aromatic carbocycles. The predicted octanol–water partition coefficient (Wildman–Crippen LogP) is 5.76. The second-order valence-corrected chi connectivity index (χ2v) is 20.0. The van der Waals surface area contributed by atoms with Crippen LogP contribution in [0.4, 0.5) is 0 Å². The molecule has 1 saturated carbocycles. The molecule has 15 unspecified atom stereocenters. The lowest BCUT2D eigenvalue weighted by atomic mass is 9.78. The van der Waals surface area contributed by atoms with Crippen LogP contribution in [0.3, 0.4) is 0 Å². The van der Waals surface area contributed by atoms with Crippen LogP contribution in [0.15, 0.2) is 47.6 Å². The first-order valence-corrected chi connectivity index (χ1v) is 24.2. The summed E-state index contributed by atoms with van der Waals surface area (Å²) in [5.41, 5.74) is 1.37. The van der Waals surface area contributed by atoms with Crippen molar-refractivity contribution in [2.75, 3.05) is 27.9 Å². The summed E-state index contributed by atoms with van der Waals surface area (Å²) in [4.78, 5) is 44.2. The number of piperidine rings is 1. The Hall–Kier alpha value is -2.79. The van der Waals surface area contributed by atoms with E-state index >= 15 is 0 Å². The van der Waals surface area contributed by atoms with Crippen molar-refractivity contribution in [3.63, 3.8) is 0 Å². The Labute approximate surface area is 388 Å². The van der Waals surface area contributed by atoms with Gasteiger partial charge in [-0.05, 0) is 113 Å². The number of allylic oxidation sites excluding steroid dienone is 6. The summed E-state index contributed by atoms with van der Waals surface area (Å²) in [6, 6.07) is -1.07. The number of esters is 1. The van der Waals surface area contributed by atoms with E-state index in [0.717, 1.165) is 12.0 Å². The van der Waals surface area contributed by atoms with Crippen molar-refractivity contribution in [3.05, 3.63) is 47.6 Å². The van der Waals surface area contributed by atoms with Crippen molar-refractivity contribution in [3.8, 4) is 0 Å². The van der Waals surface area contributed by atoms with Gasteiger partial charge in [0.1, 0.15) is 30.1 Å². The van der Waals surface area contributed by atoms with Crippen LogP contribution in [0.1, 0.15) is 126 Å². The third kappa shape index (κ3) is 14.6. The minimum absolute atomic E-state index is 0.0872. The molecule has 370 valence electrons. The molecule has 65 heavy (non-hydrogen) atoms. The Morgan fingerprint density at radius 1 is 0.846 bits per heavy atom. The third-order valence-corrected chi connectivity index (χ3v) is 14.9. The molecule has 5 N–H and O–H groups in total. The highest BCUT2D eigenvalue weighted by atomic mass is 16.6. The van der Waals surface area contributed by atoms with Gasteiger partial charge in [-0.2, -0.15) is 0 Å². The molecular formula is C51H83NO13. The van der Waals surface area contributed by atoms with E-state index in [4.69, 9.17) is 23.7 Å². The number of hydrogen-bond donors (Lipinski definition) is 5. The maximum atomic E-state index is 14.4. The van der Waals surface area contributed by atoms with Gasteiger partial charge in [0.2, 0.25) is 5.79 Å². The van der Waals surface area contributed by atoms with Crippen LogP contribution in [0.2, 0.25) is 0 Å². The van der Waals surface area contributed by atoms with Crippen LogP contribution in [-0.4, -0.2) is 143 Å². The zero-order valence-electron chi connectivity index (χ0n) is 40.8. The molecule has 14 heteroatoms. The molecule has 2 saturated heterocycles. The van der Waals surface area contributed by atoms with Gasteiger partial charge in [0.15, 0.2) is 6.10 Å². The number of amides is 1. The normalized spacial score (nSPS) is 42.7. The largest absolute Gasteiger partial charge is 0.460 e. The summed E-state index contributed by atoms with van der Waals surface area (Å²) >= 11 is 0. The molecule has 2 bridgehead atoms. The zero-order valence-corrected chi connectivity index (χ0v) is 40.8. The smallest absolute Gasteiger partial charge is 0.329 e. The number of carbonyl (C=O) groups is 3. The minimum atomic E-state index is -2.23. The fourth-order valence-electron chi connectivity index (χ4n) is 10.4. The fourth-order valence-corrected chi connectivity index (χ4v) is 10.4. The lowest BCUT2D eigenvalue weighted by Gasteiger charge is -2.46. The average Bonchev–Trinajstić information content (AvgIpc) is 3.28. The van der Waals surface area contributed by atoms with E-state index in [1.54, 1.807) is 41.1 Å². The number of carbonyl (C=O) groups excluding carboxylic acids is 3. The number of ketones is 1. The van der Waals surface area contributed by atoms with Crippen molar-refractivity contribution in [1.82, 2.24) is 4.90 Å². The van der Waals surface area contributed by atoms with Crippen molar-refractivity contribution >= 4 is 17.7 Å². The monoisotopic (exact) mass is 918 g/mol. The number of aliphatic hydroxyl groups excluding tert-OH is 4. The van der Waals surface area contributed by atoms with Crippen molar-refractivity contribution in [1.29, 1.82) is 0 Å². The van der Waals surface area contributed by atoms with Crippen LogP contribution in [-0.2, 0) is 38.1 Å². The number of rotatable bonds is 6.